The number of carbonyl (C=O) groups is 2. The maximum Gasteiger partial charge on any atom is 0.245 e. The van der Waals surface area contributed by atoms with Crippen molar-refractivity contribution < 1.29 is 9.59 Å². The fraction of sp³-hybridized carbons (Fsp3) is 0. The van der Waals surface area contributed by atoms with Gasteiger partial charge in [0.1, 0.15) is 0 Å². The van der Waals surface area contributed by atoms with Gasteiger partial charge in [0.05, 0.1) is 0 Å². The molecule has 1 rings (SSSR count). The molecule has 0 bridgehead atoms. The molecule has 0 unspecified atom stereocenters. The minimum Gasteiger partial charge on any atom is -0.289 e. The van der Waals surface area contributed by atoms with Crippen molar-refractivity contribution in [3.8, 4) is 0 Å². The van der Waals surface area contributed by atoms with Crippen LogP contribution < -0.4 is 0 Å². The zero-order chi connectivity index (χ0) is 9.68. The molecule has 0 amide bonds. The third kappa shape index (κ3) is 3.22. The van der Waals surface area contributed by atoms with Crippen LogP contribution in [0.5, 0.6) is 0 Å². The van der Waals surface area contributed by atoms with Crippen molar-refractivity contribution in [2.45, 2.75) is 0 Å². The molecule has 3 heteroatoms. The van der Waals surface area contributed by atoms with Gasteiger partial charge in [0.2, 0.25) is 5.24 Å². The number of hydrogen-bond donors (Lipinski definition) is 0. The predicted octanol–water partition coefficient (Wildman–Crippen LogP) is 2.19. The number of benzene rings is 1. The van der Waals surface area contributed by atoms with Gasteiger partial charge in [-0.25, -0.2) is 0 Å². The van der Waals surface area contributed by atoms with E-state index in [1.165, 1.54) is 0 Å². The molecular weight excluding hydrogens is 188 g/mol. The Labute approximate surface area is 80.8 Å². The van der Waals surface area contributed by atoms with Crippen molar-refractivity contribution in [1.29, 1.82) is 0 Å². The van der Waals surface area contributed by atoms with Gasteiger partial charge in [-0.05, 0) is 17.7 Å². The van der Waals surface area contributed by atoms with Crippen LogP contribution in [-0.4, -0.2) is 11.0 Å². The van der Waals surface area contributed by atoms with Crippen molar-refractivity contribution in [3.63, 3.8) is 0 Å². The first-order valence-electron chi connectivity index (χ1n) is 3.67. The van der Waals surface area contributed by atoms with Crippen molar-refractivity contribution in [2.24, 2.45) is 0 Å². The summed E-state index contributed by atoms with van der Waals surface area (Å²) < 4.78 is 0. The number of halogens is 1. The quantitative estimate of drug-likeness (QED) is 0.420. The molecule has 0 saturated heterocycles. The monoisotopic (exact) mass is 194 g/mol. The van der Waals surface area contributed by atoms with Crippen LogP contribution in [0, 0.1) is 0 Å². The second-order valence-corrected chi connectivity index (χ2v) is 2.74. The average molecular weight is 195 g/mol. The highest BCUT2D eigenvalue weighted by Gasteiger charge is 1.99. The third-order valence-corrected chi connectivity index (χ3v) is 1.55. The van der Waals surface area contributed by atoms with Crippen molar-refractivity contribution in [1.82, 2.24) is 0 Å². The summed E-state index contributed by atoms with van der Waals surface area (Å²) in [5.41, 5.74) is 0.539. The standard InChI is InChI=1S/C10H7ClO2/c11-10(13)7-6-9(12)8-4-2-1-3-5-8/h1-7H. The summed E-state index contributed by atoms with van der Waals surface area (Å²) in [5.74, 6) is -0.227. The molecule has 0 atom stereocenters. The summed E-state index contributed by atoms with van der Waals surface area (Å²) in [5, 5.41) is -0.649. The molecule has 1 aromatic carbocycles. The highest BCUT2D eigenvalue weighted by atomic mass is 35.5. The van der Waals surface area contributed by atoms with Gasteiger partial charge in [-0.15, -0.1) is 0 Å². The zero-order valence-electron chi connectivity index (χ0n) is 6.74. The van der Waals surface area contributed by atoms with Crippen molar-refractivity contribution in [3.05, 3.63) is 48.0 Å². The topological polar surface area (TPSA) is 34.1 Å². The van der Waals surface area contributed by atoms with E-state index in [0.717, 1.165) is 12.2 Å². The molecule has 0 radical (unpaired) electrons. The van der Waals surface area contributed by atoms with Gasteiger partial charge in [0.15, 0.2) is 5.78 Å². The third-order valence-electron chi connectivity index (χ3n) is 1.42. The largest absolute Gasteiger partial charge is 0.289 e. The van der Waals surface area contributed by atoms with Crippen molar-refractivity contribution >= 4 is 22.6 Å². The second-order valence-electron chi connectivity index (χ2n) is 2.37. The molecule has 0 fully saturated rings. The van der Waals surface area contributed by atoms with Gasteiger partial charge in [-0.3, -0.25) is 9.59 Å². The summed E-state index contributed by atoms with van der Waals surface area (Å²) in [4.78, 5) is 21.6. The molecule has 0 aliphatic heterocycles. The van der Waals surface area contributed by atoms with E-state index in [0.29, 0.717) is 5.56 Å². The van der Waals surface area contributed by atoms with E-state index in [-0.39, 0.29) is 5.78 Å². The fourth-order valence-corrected chi connectivity index (χ4v) is 0.903. The normalized spacial score (nSPS) is 10.2. The van der Waals surface area contributed by atoms with E-state index in [1.54, 1.807) is 24.3 Å². The zero-order valence-corrected chi connectivity index (χ0v) is 7.49. The Hall–Kier alpha value is -1.41. The average Bonchev–Trinajstić information content (AvgIpc) is 2.15. The number of ketones is 1. The molecular formula is C10H7ClO2. The van der Waals surface area contributed by atoms with Crippen LogP contribution in [0.15, 0.2) is 42.5 Å². The van der Waals surface area contributed by atoms with Crippen LogP contribution in [-0.2, 0) is 4.79 Å². The predicted molar refractivity (Wildman–Crippen MR) is 50.8 cm³/mol. The first kappa shape index (κ1) is 9.68. The summed E-state index contributed by atoms with van der Waals surface area (Å²) >= 11 is 5.03. The lowest BCUT2D eigenvalue weighted by Crippen LogP contribution is -1.93. The van der Waals surface area contributed by atoms with Crippen LogP contribution in [0.3, 0.4) is 0 Å². The Bertz CT molecular complexity index is 341. The van der Waals surface area contributed by atoms with Gasteiger partial charge in [-0.1, -0.05) is 30.3 Å². The number of carbonyl (C=O) groups excluding carboxylic acids is 2. The number of allylic oxidation sites excluding steroid dienone is 2. The number of hydrogen-bond acceptors (Lipinski definition) is 2. The maximum atomic E-state index is 11.3. The van der Waals surface area contributed by atoms with E-state index in [9.17, 15) is 9.59 Å². The van der Waals surface area contributed by atoms with Gasteiger partial charge >= 0.3 is 0 Å². The van der Waals surface area contributed by atoms with E-state index >= 15 is 0 Å². The molecule has 0 N–H and O–H groups in total. The molecule has 0 saturated carbocycles. The van der Waals surface area contributed by atoms with Crippen LogP contribution in [0.1, 0.15) is 10.4 Å². The van der Waals surface area contributed by atoms with Gasteiger partial charge in [0.25, 0.3) is 0 Å². The van der Waals surface area contributed by atoms with Crippen molar-refractivity contribution in [2.75, 3.05) is 0 Å². The fourth-order valence-electron chi connectivity index (χ4n) is 0.840. The summed E-state index contributed by atoms with van der Waals surface area (Å²) in [6, 6.07) is 8.66. The highest BCUT2D eigenvalue weighted by molar-refractivity contribution is 6.66. The lowest BCUT2D eigenvalue weighted by Gasteiger charge is -1.92. The molecule has 0 aromatic heterocycles. The Morgan fingerprint density at radius 2 is 1.69 bits per heavy atom. The van der Waals surface area contributed by atoms with Crippen LogP contribution >= 0.6 is 11.6 Å². The molecule has 66 valence electrons. The summed E-state index contributed by atoms with van der Waals surface area (Å²) in [6.07, 6.45) is 2.20. The van der Waals surface area contributed by atoms with Gasteiger partial charge in [0, 0.05) is 11.6 Å². The number of rotatable bonds is 3. The first-order valence-corrected chi connectivity index (χ1v) is 4.05. The van der Waals surface area contributed by atoms with Crippen LogP contribution in [0.2, 0.25) is 0 Å². The molecule has 0 aliphatic rings. The lowest BCUT2D eigenvalue weighted by molar-refractivity contribution is -0.107. The molecule has 0 aliphatic carbocycles. The van der Waals surface area contributed by atoms with E-state index in [4.69, 9.17) is 11.6 Å². The molecule has 2 nitrogen and oxygen atoms in total. The summed E-state index contributed by atoms with van der Waals surface area (Å²) in [6.45, 7) is 0. The molecule has 0 spiro atoms. The molecule has 0 heterocycles. The highest BCUT2D eigenvalue weighted by Crippen LogP contribution is 2.00. The van der Waals surface area contributed by atoms with Crippen LogP contribution in [0.25, 0.3) is 0 Å². The Morgan fingerprint density at radius 1 is 1.08 bits per heavy atom. The lowest BCUT2D eigenvalue weighted by atomic mass is 10.1. The summed E-state index contributed by atoms with van der Waals surface area (Å²) in [7, 11) is 0. The van der Waals surface area contributed by atoms with E-state index in [2.05, 4.69) is 0 Å². The first-order chi connectivity index (χ1) is 6.20. The Balaban J connectivity index is 2.76. The molecule has 13 heavy (non-hydrogen) atoms. The van der Waals surface area contributed by atoms with E-state index < -0.39 is 5.24 Å². The minimum absolute atomic E-state index is 0.227. The van der Waals surface area contributed by atoms with Gasteiger partial charge < -0.3 is 0 Å². The van der Waals surface area contributed by atoms with Crippen LogP contribution in [0.4, 0.5) is 0 Å². The Kier molecular flexibility index (Phi) is 3.41. The SMILES string of the molecule is O=C(Cl)C=CC(=O)c1ccccc1. The van der Waals surface area contributed by atoms with Gasteiger partial charge in [-0.2, -0.15) is 0 Å². The Morgan fingerprint density at radius 3 is 2.23 bits per heavy atom. The smallest absolute Gasteiger partial charge is 0.245 e. The maximum absolute atomic E-state index is 11.3. The molecule has 1 aromatic rings. The second kappa shape index (κ2) is 4.58. The van der Waals surface area contributed by atoms with E-state index in [1.807, 2.05) is 6.07 Å². The minimum atomic E-state index is -0.649.